The van der Waals surface area contributed by atoms with E-state index in [0.29, 0.717) is 11.5 Å². The molecule has 19 heavy (non-hydrogen) atoms. The van der Waals surface area contributed by atoms with Crippen LogP contribution in [0.2, 0.25) is 0 Å². The van der Waals surface area contributed by atoms with Gasteiger partial charge in [0.2, 0.25) is 5.91 Å². The third-order valence-electron chi connectivity index (χ3n) is 2.37. The zero-order valence-electron chi connectivity index (χ0n) is 10.1. The molecule has 98 valence electrons. The first kappa shape index (κ1) is 12.7. The van der Waals surface area contributed by atoms with E-state index in [1.54, 1.807) is 25.1 Å². The quantitative estimate of drug-likeness (QED) is 0.735. The maximum absolute atomic E-state index is 11.6. The van der Waals surface area contributed by atoms with Crippen molar-refractivity contribution >= 4 is 23.6 Å². The number of nitrogens with one attached hydrogen (secondary N) is 2. The summed E-state index contributed by atoms with van der Waals surface area (Å²) >= 11 is 0. The highest BCUT2D eigenvalue weighted by Crippen LogP contribution is 2.16. The zero-order chi connectivity index (χ0) is 13.8. The summed E-state index contributed by atoms with van der Waals surface area (Å²) < 4.78 is 5.03. The Morgan fingerprint density at radius 1 is 1.47 bits per heavy atom. The van der Waals surface area contributed by atoms with Gasteiger partial charge in [0.1, 0.15) is 11.5 Å². The predicted octanol–water partition coefficient (Wildman–Crippen LogP) is 2.27. The molecule has 0 radical (unpaired) electrons. The van der Waals surface area contributed by atoms with E-state index in [2.05, 4.69) is 10.3 Å². The van der Waals surface area contributed by atoms with Crippen molar-refractivity contribution in [2.24, 2.45) is 0 Å². The molecule has 2 rings (SSSR count). The number of carboxylic acid groups (broad SMARTS) is 1. The maximum atomic E-state index is 11.6. The molecule has 0 saturated heterocycles. The van der Waals surface area contributed by atoms with Gasteiger partial charge in [-0.3, -0.25) is 4.79 Å². The summed E-state index contributed by atoms with van der Waals surface area (Å²) in [6.45, 7) is 1.71. The standard InChI is InChI=1S/C13H12N2O4/c1-8-7-10(12(14-8)13(17)18)15-11(16)5-4-9-3-2-6-19-9/h2-7,14H,1H3,(H,15,16)(H,17,18)/b5-4+. The Morgan fingerprint density at radius 3 is 2.89 bits per heavy atom. The van der Waals surface area contributed by atoms with Gasteiger partial charge in [0.05, 0.1) is 12.0 Å². The normalized spacial score (nSPS) is 10.8. The second-order valence-corrected chi connectivity index (χ2v) is 3.88. The minimum Gasteiger partial charge on any atom is -0.477 e. The average molecular weight is 260 g/mol. The monoisotopic (exact) mass is 260 g/mol. The molecular weight excluding hydrogens is 248 g/mol. The van der Waals surface area contributed by atoms with E-state index in [1.807, 2.05) is 0 Å². The Kier molecular flexibility index (Phi) is 3.51. The van der Waals surface area contributed by atoms with Crippen molar-refractivity contribution in [3.8, 4) is 0 Å². The number of aromatic nitrogens is 1. The Morgan fingerprint density at radius 2 is 2.26 bits per heavy atom. The molecule has 0 saturated carbocycles. The van der Waals surface area contributed by atoms with Crippen molar-refractivity contribution in [1.82, 2.24) is 4.98 Å². The van der Waals surface area contributed by atoms with Gasteiger partial charge in [-0.1, -0.05) is 0 Å². The third kappa shape index (κ3) is 3.12. The smallest absolute Gasteiger partial charge is 0.354 e. The number of amides is 1. The van der Waals surface area contributed by atoms with Crippen molar-refractivity contribution in [1.29, 1.82) is 0 Å². The number of furan rings is 1. The van der Waals surface area contributed by atoms with E-state index in [0.717, 1.165) is 0 Å². The van der Waals surface area contributed by atoms with Crippen molar-refractivity contribution in [3.05, 3.63) is 47.7 Å². The molecule has 1 amide bonds. The third-order valence-corrected chi connectivity index (χ3v) is 2.37. The van der Waals surface area contributed by atoms with Crippen molar-refractivity contribution in [3.63, 3.8) is 0 Å². The van der Waals surface area contributed by atoms with Crippen LogP contribution in [-0.2, 0) is 4.79 Å². The predicted molar refractivity (Wildman–Crippen MR) is 68.9 cm³/mol. The van der Waals surface area contributed by atoms with Gasteiger partial charge in [-0.2, -0.15) is 0 Å². The summed E-state index contributed by atoms with van der Waals surface area (Å²) in [5.41, 5.74) is 0.846. The highest BCUT2D eigenvalue weighted by molar-refractivity contribution is 6.05. The van der Waals surface area contributed by atoms with E-state index in [1.165, 1.54) is 18.4 Å². The van der Waals surface area contributed by atoms with E-state index >= 15 is 0 Å². The zero-order valence-corrected chi connectivity index (χ0v) is 10.1. The minimum absolute atomic E-state index is 0.0442. The lowest BCUT2D eigenvalue weighted by atomic mass is 10.3. The molecule has 2 aromatic heterocycles. The molecule has 0 aromatic carbocycles. The van der Waals surface area contributed by atoms with Crippen LogP contribution in [0.1, 0.15) is 21.9 Å². The van der Waals surface area contributed by atoms with Gasteiger partial charge in [-0.05, 0) is 31.2 Å². The Bertz CT molecular complexity index is 623. The largest absolute Gasteiger partial charge is 0.477 e. The number of aromatic amines is 1. The SMILES string of the molecule is Cc1cc(NC(=O)/C=C/c2ccco2)c(C(=O)O)[nH]1. The van der Waals surface area contributed by atoms with Gasteiger partial charge in [-0.25, -0.2) is 4.79 Å². The van der Waals surface area contributed by atoms with Gasteiger partial charge in [0.15, 0.2) is 0 Å². The molecular formula is C13H12N2O4. The number of hydrogen-bond acceptors (Lipinski definition) is 3. The van der Waals surface area contributed by atoms with Crippen molar-refractivity contribution in [2.45, 2.75) is 6.92 Å². The van der Waals surface area contributed by atoms with Gasteiger partial charge in [0, 0.05) is 11.8 Å². The van der Waals surface area contributed by atoms with Gasteiger partial charge < -0.3 is 19.8 Å². The number of carbonyl (C=O) groups excluding carboxylic acids is 1. The summed E-state index contributed by atoms with van der Waals surface area (Å²) in [6, 6.07) is 4.96. The van der Waals surface area contributed by atoms with Crippen LogP contribution in [0.5, 0.6) is 0 Å². The van der Waals surface area contributed by atoms with Crippen LogP contribution in [-0.4, -0.2) is 22.0 Å². The molecule has 0 fully saturated rings. The first-order valence-corrected chi connectivity index (χ1v) is 5.52. The number of hydrogen-bond donors (Lipinski definition) is 3. The molecule has 0 aliphatic heterocycles. The number of aryl methyl sites for hydroxylation is 1. The molecule has 2 aromatic rings. The fourth-order valence-electron chi connectivity index (χ4n) is 1.57. The molecule has 0 aliphatic rings. The molecule has 0 unspecified atom stereocenters. The number of H-pyrrole nitrogens is 1. The molecule has 0 spiro atoms. The van der Waals surface area contributed by atoms with Gasteiger partial charge in [-0.15, -0.1) is 0 Å². The van der Waals surface area contributed by atoms with E-state index < -0.39 is 11.9 Å². The molecule has 0 bridgehead atoms. The van der Waals surface area contributed by atoms with Crippen LogP contribution in [0.25, 0.3) is 6.08 Å². The summed E-state index contributed by atoms with van der Waals surface area (Å²) in [5, 5.41) is 11.5. The van der Waals surface area contributed by atoms with Crippen LogP contribution in [0, 0.1) is 6.92 Å². The molecule has 6 nitrogen and oxygen atoms in total. The highest BCUT2D eigenvalue weighted by atomic mass is 16.4. The number of carboxylic acids is 1. The van der Waals surface area contributed by atoms with Crippen LogP contribution in [0.4, 0.5) is 5.69 Å². The van der Waals surface area contributed by atoms with Crippen molar-refractivity contribution in [2.75, 3.05) is 5.32 Å². The van der Waals surface area contributed by atoms with Gasteiger partial charge >= 0.3 is 5.97 Å². The number of aromatic carboxylic acids is 1. The first-order chi connectivity index (χ1) is 9.06. The van der Waals surface area contributed by atoms with E-state index in [9.17, 15) is 9.59 Å². The summed E-state index contributed by atoms with van der Waals surface area (Å²) in [7, 11) is 0. The number of rotatable bonds is 4. The fraction of sp³-hybridized carbons (Fsp3) is 0.0769. The lowest BCUT2D eigenvalue weighted by Gasteiger charge is -2.00. The van der Waals surface area contributed by atoms with E-state index in [4.69, 9.17) is 9.52 Å². The Labute approximate surface area is 108 Å². The summed E-state index contributed by atoms with van der Waals surface area (Å²) in [4.78, 5) is 25.3. The second-order valence-electron chi connectivity index (χ2n) is 3.88. The minimum atomic E-state index is -1.13. The topological polar surface area (TPSA) is 95.3 Å². The van der Waals surface area contributed by atoms with Crippen LogP contribution < -0.4 is 5.32 Å². The van der Waals surface area contributed by atoms with Gasteiger partial charge in [0.25, 0.3) is 0 Å². The second kappa shape index (κ2) is 5.26. The van der Waals surface area contributed by atoms with Crippen LogP contribution in [0.15, 0.2) is 35.0 Å². The summed E-state index contributed by atoms with van der Waals surface area (Å²) in [6.07, 6.45) is 4.26. The number of anilines is 1. The molecule has 6 heteroatoms. The first-order valence-electron chi connectivity index (χ1n) is 5.52. The van der Waals surface area contributed by atoms with Crippen molar-refractivity contribution < 1.29 is 19.1 Å². The Balaban J connectivity index is 2.09. The lowest BCUT2D eigenvalue weighted by Crippen LogP contribution is -2.10. The lowest BCUT2D eigenvalue weighted by molar-refractivity contribution is -0.111. The number of carbonyl (C=O) groups is 2. The molecule has 2 heterocycles. The average Bonchev–Trinajstić information content (AvgIpc) is 2.96. The maximum Gasteiger partial charge on any atom is 0.354 e. The van der Waals surface area contributed by atoms with Crippen LogP contribution in [0.3, 0.4) is 0 Å². The Hall–Kier alpha value is -2.76. The fourth-order valence-corrected chi connectivity index (χ4v) is 1.57. The molecule has 0 atom stereocenters. The van der Waals surface area contributed by atoms with E-state index in [-0.39, 0.29) is 11.4 Å². The highest BCUT2D eigenvalue weighted by Gasteiger charge is 2.14. The van der Waals surface area contributed by atoms with Crippen LogP contribution >= 0.6 is 0 Å². The summed E-state index contributed by atoms with van der Waals surface area (Å²) in [5.74, 6) is -1.02. The molecule has 3 N–H and O–H groups in total. The molecule has 0 aliphatic carbocycles.